The highest BCUT2D eigenvalue weighted by Gasteiger charge is 2.12. The summed E-state index contributed by atoms with van der Waals surface area (Å²) >= 11 is 0. The molecule has 2 nitrogen and oxygen atoms in total. The van der Waals surface area contributed by atoms with Crippen LogP contribution < -0.4 is 4.74 Å². The van der Waals surface area contributed by atoms with E-state index >= 15 is 0 Å². The molecule has 2 aromatic rings. The fourth-order valence-corrected chi connectivity index (χ4v) is 1.53. The van der Waals surface area contributed by atoms with Crippen molar-refractivity contribution in [2.75, 3.05) is 0 Å². The van der Waals surface area contributed by atoms with Crippen molar-refractivity contribution in [1.82, 2.24) is 0 Å². The Bertz CT molecular complexity index is 639. The number of ether oxygens (including phenoxy) is 1. The molecule has 0 aromatic heterocycles. The first kappa shape index (κ1) is 13.1. The average molecular weight is 266 g/mol. The molecule has 0 aliphatic rings. The number of rotatable bonds is 3. The third-order valence-electron chi connectivity index (χ3n) is 2.44. The zero-order valence-electron chi connectivity index (χ0n) is 9.91. The molecule has 0 atom stereocenters. The Balaban J connectivity index is 2.37. The number of hydrogen-bond acceptors (Lipinski definition) is 2. The van der Waals surface area contributed by atoms with Gasteiger partial charge in [-0.15, -0.1) is 0 Å². The lowest BCUT2D eigenvalue weighted by molar-refractivity contribution is 0.101. The van der Waals surface area contributed by atoms with Gasteiger partial charge in [0.1, 0.15) is 17.3 Å². The van der Waals surface area contributed by atoms with Crippen LogP contribution in [0, 0.1) is 17.5 Å². The Hall–Kier alpha value is -2.30. The summed E-state index contributed by atoms with van der Waals surface area (Å²) < 4.78 is 44.1. The van der Waals surface area contributed by atoms with Crippen LogP contribution in [-0.2, 0) is 0 Å². The second kappa shape index (κ2) is 5.14. The molecule has 0 N–H and O–H groups in total. The molecule has 0 spiro atoms. The SMILES string of the molecule is CC(=O)c1cc(F)ccc1Oc1ccc(F)c(F)c1. The number of carbonyl (C=O) groups is 1. The minimum absolute atomic E-state index is 0.0213. The summed E-state index contributed by atoms with van der Waals surface area (Å²) in [4.78, 5) is 11.3. The van der Waals surface area contributed by atoms with E-state index in [0.717, 1.165) is 24.3 Å². The number of halogens is 3. The van der Waals surface area contributed by atoms with Crippen LogP contribution in [0.2, 0.25) is 0 Å². The van der Waals surface area contributed by atoms with Crippen molar-refractivity contribution in [3.8, 4) is 11.5 Å². The molecular formula is C14H9F3O2. The van der Waals surface area contributed by atoms with E-state index in [0.29, 0.717) is 0 Å². The van der Waals surface area contributed by atoms with Crippen molar-refractivity contribution in [1.29, 1.82) is 0 Å². The lowest BCUT2D eigenvalue weighted by Crippen LogP contribution is -1.98. The summed E-state index contributed by atoms with van der Waals surface area (Å²) in [5.41, 5.74) is 0.0322. The van der Waals surface area contributed by atoms with Crippen LogP contribution in [-0.4, -0.2) is 5.78 Å². The summed E-state index contributed by atoms with van der Waals surface area (Å²) in [6.07, 6.45) is 0. The summed E-state index contributed by atoms with van der Waals surface area (Å²) in [5.74, 6) is -2.94. The van der Waals surface area contributed by atoms with Crippen LogP contribution in [0.4, 0.5) is 13.2 Å². The lowest BCUT2D eigenvalue weighted by Gasteiger charge is -2.09. The summed E-state index contributed by atoms with van der Waals surface area (Å²) in [6, 6.07) is 6.36. The van der Waals surface area contributed by atoms with Gasteiger partial charge in [-0.2, -0.15) is 0 Å². The molecule has 98 valence electrons. The number of ketones is 1. The largest absolute Gasteiger partial charge is 0.456 e. The molecule has 2 rings (SSSR count). The predicted octanol–water partition coefficient (Wildman–Crippen LogP) is 4.10. The maximum atomic E-state index is 13.0. The first-order valence-corrected chi connectivity index (χ1v) is 5.41. The minimum atomic E-state index is -1.07. The second-order valence-corrected chi connectivity index (χ2v) is 3.87. The van der Waals surface area contributed by atoms with E-state index in [1.165, 1.54) is 19.1 Å². The third-order valence-corrected chi connectivity index (χ3v) is 2.44. The van der Waals surface area contributed by atoms with Gasteiger partial charge >= 0.3 is 0 Å². The van der Waals surface area contributed by atoms with Crippen molar-refractivity contribution in [3.63, 3.8) is 0 Å². The van der Waals surface area contributed by atoms with Gasteiger partial charge in [-0.05, 0) is 37.3 Å². The van der Waals surface area contributed by atoms with E-state index in [9.17, 15) is 18.0 Å². The first-order chi connectivity index (χ1) is 8.97. The molecule has 0 aliphatic heterocycles. The van der Waals surface area contributed by atoms with E-state index in [2.05, 4.69) is 0 Å². The van der Waals surface area contributed by atoms with Gasteiger partial charge < -0.3 is 4.74 Å². The van der Waals surface area contributed by atoms with Gasteiger partial charge in [-0.3, -0.25) is 4.79 Å². The van der Waals surface area contributed by atoms with Gasteiger partial charge in [0, 0.05) is 6.07 Å². The molecule has 0 saturated heterocycles. The Morgan fingerprint density at radius 2 is 1.74 bits per heavy atom. The molecule has 5 heteroatoms. The highest BCUT2D eigenvalue weighted by atomic mass is 19.2. The summed E-state index contributed by atoms with van der Waals surface area (Å²) in [7, 11) is 0. The summed E-state index contributed by atoms with van der Waals surface area (Å²) in [6.45, 7) is 1.26. The average Bonchev–Trinajstić information content (AvgIpc) is 2.36. The Morgan fingerprint density at radius 1 is 1.00 bits per heavy atom. The van der Waals surface area contributed by atoms with E-state index in [1.54, 1.807) is 0 Å². The van der Waals surface area contributed by atoms with Gasteiger partial charge in [-0.25, -0.2) is 13.2 Å². The van der Waals surface area contributed by atoms with Gasteiger partial charge in [0.05, 0.1) is 5.56 Å². The molecule has 0 amide bonds. The van der Waals surface area contributed by atoms with E-state index in [4.69, 9.17) is 4.74 Å². The normalized spacial score (nSPS) is 10.3. The topological polar surface area (TPSA) is 26.3 Å². The zero-order chi connectivity index (χ0) is 14.0. The lowest BCUT2D eigenvalue weighted by atomic mass is 10.1. The molecule has 19 heavy (non-hydrogen) atoms. The minimum Gasteiger partial charge on any atom is -0.456 e. The maximum absolute atomic E-state index is 13.0. The highest BCUT2D eigenvalue weighted by molar-refractivity contribution is 5.96. The van der Waals surface area contributed by atoms with E-state index < -0.39 is 23.2 Å². The van der Waals surface area contributed by atoms with Crippen LogP contribution in [0.5, 0.6) is 11.5 Å². The second-order valence-electron chi connectivity index (χ2n) is 3.87. The van der Waals surface area contributed by atoms with Crippen LogP contribution in [0.1, 0.15) is 17.3 Å². The molecule has 0 bridgehead atoms. The molecule has 0 unspecified atom stereocenters. The van der Waals surface area contributed by atoms with Crippen molar-refractivity contribution in [2.24, 2.45) is 0 Å². The Labute approximate surface area is 107 Å². The van der Waals surface area contributed by atoms with Crippen LogP contribution in [0.3, 0.4) is 0 Å². The molecule has 2 aromatic carbocycles. The van der Waals surface area contributed by atoms with Crippen LogP contribution in [0.25, 0.3) is 0 Å². The Kier molecular flexibility index (Phi) is 3.55. The quantitative estimate of drug-likeness (QED) is 0.782. The molecule has 0 radical (unpaired) electrons. The van der Waals surface area contributed by atoms with Gasteiger partial charge in [0.25, 0.3) is 0 Å². The third kappa shape index (κ3) is 2.93. The first-order valence-electron chi connectivity index (χ1n) is 5.41. The maximum Gasteiger partial charge on any atom is 0.163 e. The monoisotopic (exact) mass is 266 g/mol. The van der Waals surface area contributed by atoms with Crippen molar-refractivity contribution >= 4 is 5.78 Å². The molecular weight excluding hydrogens is 257 g/mol. The summed E-state index contributed by atoms with van der Waals surface area (Å²) in [5, 5.41) is 0. The van der Waals surface area contributed by atoms with E-state index in [1.807, 2.05) is 0 Å². The van der Waals surface area contributed by atoms with Crippen molar-refractivity contribution < 1.29 is 22.7 Å². The number of carbonyl (C=O) groups excluding carboxylic acids is 1. The number of benzene rings is 2. The van der Waals surface area contributed by atoms with E-state index in [-0.39, 0.29) is 17.1 Å². The van der Waals surface area contributed by atoms with Crippen LogP contribution >= 0.6 is 0 Å². The van der Waals surface area contributed by atoms with Crippen molar-refractivity contribution in [3.05, 3.63) is 59.4 Å². The molecule has 0 saturated carbocycles. The fourth-order valence-electron chi connectivity index (χ4n) is 1.53. The fraction of sp³-hybridized carbons (Fsp3) is 0.0714. The molecule has 0 fully saturated rings. The number of hydrogen-bond donors (Lipinski definition) is 0. The van der Waals surface area contributed by atoms with Gasteiger partial charge in [0.15, 0.2) is 17.4 Å². The Morgan fingerprint density at radius 3 is 2.37 bits per heavy atom. The van der Waals surface area contributed by atoms with Gasteiger partial charge in [0.2, 0.25) is 0 Å². The van der Waals surface area contributed by atoms with Crippen molar-refractivity contribution in [2.45, 2.75) is 6.92 Å². The molecule has 0 aliphatic carbocycles. The highest BCUT2D eigenvalue weighted by Crippen LogP contribution is 2.27. The smallest absolute Gasteiger partial charge is 0.163 e. The predicted molar refractivity (Wildman–Crippen MR) is 62.8 cm³/mol. The number of Topliss-reactive ketones (excluding diaryl/α,β-unsaturated/α-hetero) is 1. The zero-order valence-corrected chi connectivity index (χ0v) is 9.91. The van der Waals surface area contributed by atoms with Gasteiger partial charge in [-0.1, -0.05) is 0 Å². The van der Waals surface area contributed by atoms with Crippen LogP contribution in [0.15, 0.2) is 36.4 Å². The standard InChI is InChI=1S/C14H9F3O2/c1-8(18)11-6-9(15)2-5-14(11)19-10-3-4-12(16)13(17)7-10/h2-7H,1H3. The molecule has 0 heterocycles.